The zero-order valence-electron chi connectivity index (χ0n) is 30.1. The molecule has 5 fully saturated rings. The summed E-state index contributed by atoms with van der Waals surface area (Å²) in [5, 5.41) is 67.0. The van der Waals surface area contributed by atoms with Crippen molar-refractivity contribution in [3.05, 3.63) is 24.2 Å². The molecular weight excluding hydrogens is 708 g/mol. The van der Waals surface area contributed by atoms with Gasteiger partial charge in [-0.2, -0.15) is 0 Å². The summed E-state index contributed by atoms with van der Waals surface area (Å²) in [6, 6.07) is 1.39. The van der Waals surface area contributed by atoms with E-state index in [-0.39, 0.29) is 5.56 Å². The molecule has 0 unspecified atom stereocenters. The zero-order valence-corrected chi connectivity index (χ0v) is 30.1. The summed E-state index contributed by atoms with van der Waals surface area (Å²) >= 11 is 0. The van der Waals surface area contributed by atoms with Crippen molar-refractivity contribution < 1.29 is 87.1 Å². The van der Waals surface area contributed by atoms with Crippen LogP contribution < -0.4 is 0 Å². The van der Waals surface area contributed by atoms with E-state index in [0.29, 0.717) is 0 Å². The fourth-order valence-electron chi connectivity index (χ4n) is 11.5. The Hall–Kier alpha value is -4.10. The number of hydrogen-bond acceptors (Lipinski definition) is 18. The van der Waals surface area contributed by atoms with Gasteiger partial charge in [-0.3, -0.25) is 28.8 Å². The first-order valence-electron chi connectivity index (χ1n) is 17.0. The van der Waals surface area contributed by atoms with Gasteiger partial charge in [-0.1, -0.05) is 13.8 Å². The molecule has 0 spiro atoms. The summed E-state index contributed by atoms with van der Waals surface area (Å²) in [5.41, 5.74) is -19.4. The van der Waals surface area contributed by atoms with Crippen LogP contribution in [0.25, 0.3) is 0 Å². The first-order chi connectivity index (χ1) is 24.5. The topological polar surface area (TPSA) is 272 Å². The zero-order chi connectivity index (χ0) is 39.5. The number of furan rings is 1. The lowest BCUT2D eigenvalue weighted by molar-refractivity contribution is -0.468. The van der Waals surface area contributed by atoms with Crippen LogP contribution in [0.2, 0.25) is 0 Å². The number of rotatable bonds is 8. The quantitative estimate of drug-likeness (QED) is 0.160. The number of carbonyl (C=O) groups excluding carboxylic acids is 6. The second kappa shape index (κ2) is 11.9. The van der Waals surface area contributed by atoms with Crippen LogP contribution >= 0.6 is 0 Å². The van der Waals surface area contributed by atoms with Crippen molar-refractivity contribution in [1.29, 1.82) is 0 Å². The average molecular weight is 753 g/mol. The van der Waals surface area contributed by atoms with Gasteiger partial charge in [0.15, 0.2) is 17.8 Å². The van der Waals surface area contributed by atoms with E-state index in [0.717, 1.165) is 34.8 Å². The van der Waals surface area contributed by atoms with E-state index in [1.54, 1.807) is 0 Å². The second-order valence-corrected chi connectivity index (χ2v) is 15.5. The van der Waals surface area contributed by atoms with E-state index >= 15 is 0 Å². The molecule has 1 aliphatic heterocycles. The number of aliphatic hydroxyl groups is 5. The number of methoxy groups -OCH3 is 1. The SMILES string of the molecule is COC(=O)C[C@H]1[C@]2(C)C[C@]3(O)[C@@](O)([C@@H](OC(C)=O)[C@]4(O)[C@@H]5CC(=O)O[C@@H](c6ccoc6)[C@]5(C)[C@@H](O)[C@@H](OC(C)=O)[C@]4(O)[C@]13COC(C)=O)[C@H]2OC(C)=O. The Balaban J connectivity index is 1.82. The van der Waals surface area contributed by atoms with Gasteiger partial charge in [0, 0.05) is 56.4 Å². The van der Waals surface area contributed by atoms with Crippen LogP contribution in [-0.4, -0.2) is 122 Å². The summed E-state index contributed by atoms with van der Waals surface area (Å²) in [6.07, 6.45) is -10.5. The predicted octanol–water partition coefficient (Wildman–Crippen LogP) is -0.850. The summed E-state index contributed by atoms with van der Waals surface area (Å²) in [7, 11) is 1.04. The minimum absolute atomic E-state index is 0.142. The molecular formula is C35H44O18. The van der Waals surface area contributed by atoms with Gasteiger partial charge in [-0.15, -0.1) is 0 Å². The number of fused-ring (bicyclic) bond motifs is 5. The van der Waals surface area contributed by atoms with Crippen molar-refractivity contribution in [1.82, 2.24) is 0 Å². The van der Waals surface area contributed by atoms with Gasteiger partial charge in [0.1, 0.15) is 41.7 Å². The van der Waals surface area contributed by atoms with Crippen LogP contribution in [0.5, 0.6) is 0 Å². The fraction of sp³-hybridized carbons (Fsp3) is 0.714. The molecule has 0 aromatic carbocycles. The minimum Gasteiger partial charge on any atom is -0.472 e. The maximum atomic E-state index is 13.9. The molecule has 53 heavy (non-hydrogen) atoms. The van der Waals surface area contributed by atoms with Gasteiger partial charge in [-0.25, -0.2) is 0 Å². The van der Waals surface area contributed by atoms with Crippen molar-refractivity contribution in [2.75, 3.05) is 13.7 Å². The van der Waals surface area contributed by atoms with Crippen molar-refractivity contribution in [2.45, 2.75) is 114 Å². The highest BCUT2D eigenvalue weighted by Crippen LogP contribution is 2.83. The Bertz CT molecular complexity index is 1740. The third-order valence-electron chi connectivity index (χ3n) is 13.1. The van der Waals surface area contributed by atoms with Crippen LogP contribution in [0.1, 0.15) is 72.5 Å². The van der Waals surface area contributed by atoms with Gasteiger partial charge in [0.25, 0.3) is 0 Å². The highest BCUT2D eigenvalue weighted by atomic mass is 16.6. The van der Waals surface area contributed by atoms with Crippen LogP contribution in [-0.2, 0) is 57.2 Å². The minimum atomic E-state index is -3.41. The Kier molecular flexibility index (Phi) is 8.71. The van der Waals surface area contributed by atoms with Crippen molar-refractivity contribution in [3.63, 3.8) is 0 Å². The Labute approximate surface area is 302 Å². The number of hydrogen-bond donors (Lipinski definition) is 5. The van der Waals surface area contributed by atoms with Crippen molar-refractivity contribution in [3.8, 4) is 0 Å². The lowest BCUT2D eigenvalue weighted by Gasteiger charge is -2.78. The standard InChI is InChI=1S/C35H44O18/c1-15(36)49-14-31-20(10-22(40)47-7)29(5)13-32(31,43)34(45,27(29)51-17(3)38)28(52-18(4)39)33(44)21-11-23(41)53-25(19-8-9-48-12-19)30(21,6)24(42)26(35(31,33)46)50-16(2)37/h8-9,12,20-21,24-28,42-46H,10-11,13-14H2,1-7H3/t20-,21+,24-,25-,26+,27-,28-,29-,30-,31+,32+,33+,34-,35-/m0/s1. The number of cyclic esters (lactones) is 1. The largest absolute Gasteiger partial charge is 0.472 e. The van der Waals surface area contributed by atoms with Crippen LogP contribution in [0, 0.1) is 28.1 Å². The van der Waals surface area contributed by atoms with E-state index in [4.69, 9.17) is 32.8 Å². The molecule has 0 amide bonds. The molecule has 1 aromatic rings. The molecule has 5 aliphatic rings. The normalized spacial score (nSPS) is 46.3. The average Bonchev–Trinajstić information content (AvgIpc) is 3.71. The van der Waals surface area contributed by atoms with Gasteiger partial charge in [0.2, 0.25) is 0 Å². The summed E-state index contributed by atoms with van der Waals surface area (Å²) in [4.78, 5) is 78.6. The molecule has 292 valence electrons. The van der Waals surface area contributed by atoms with Crippen molar-refractivity contribution in [2.24, 2.45) is 28.1 Å². The Morgan fingerprint density at radius 1 is 0.887 bits per heavy atom. The van der Waals surface area contributed by atoms with Gasteiger partial charge < -0.3 is 58.4 Å². The molecule has 6 rings (SSSR count). The van der Waals surface area contributed by atoms with Gasteiger partial charge in [-0.05, 0) is 18.4 Å². The van der Waals surface area contributed by atoms with Gasteiger partial charge in [0.05, 0.1) is 31.5 Å². The molecule has 2 bridgehead atoms. The molecule has 5 N–H and O–H groups in total. The predicted molar refractivity (Wildman–Crippen MR) is 168 cm³/mol. The molecule has 4 saturated carbocycles. The second-order valence-electron chi connectivity index (χ2n) is 15.5. The van der Waals surface area contributed by atoms with Gasteiger partial charge >= 0.3 is 35.8 Å². The van der Waals surface area contributed by atoms with Crippen LogP contribution in [0.3, 0.4) is 0 Å². The first-order valence-corrected chi connectivity index (χ1v) is 17.0. The molecule has 0 radical (unpaired) electrons. The maximum Gasteiger partial charge on any atom is 0.306 e. The van der Waals surface area contributed by atoms with E-state index in [1.807, 2.05) is 0 Å². The van der Waals surface area contributed by atoms with E-state index in [1.165, 1.54) is 32.4 Å². The van der Waals surface area contributed by atoms with Crippen molar-refractivity contribution >= 4 is 35.8 Å². The Morgan fingerprint density at radius 2 is 1.49 bits per heavy atom. The van der Waals surface area contributed by atoms with Crippen LogP contribution in [0.15, 0.2) is 23.0 Å². The van der Waals surface area contributed by atoms with E-state index < -0.39 is 143 Å². The van der Waals surface area contributed by atoms with E-state index in [9.17, 15) is 54.3 Å². The number of aliphatic hydroxyl groups excluding tert-OH is 1. The fourth-order valence-corrected chi connectivity index (χ4v) is 11.5. The number of carbonyl (C=O) groups is 6. The molecule has 18 nitrogen and oxygen atoms in total. The van der Waals surface area contributed by atoms with E-state index in [2.05, 4.69) is 0 Å². The lowest BCUT2D eigenvalue weighted by atomic mass is 9.32. The number of ether oxygens (including phenoxy) is 6. The smallest absolute Gasteiger partial charge is 0.306 e. The third kappa shape index (κ3) is 4.43. The Morgan fingerprint density at radius 3 is 2.02 bits per heavy atom. The molecule has 1 aromatic heterocycles. The van der Waals surface area contributed by atoms with Crippen LogP contribution in [0.4, 0.5) is 0 Å². The maximum absolute atomic E-state index is 13.9. The highest BCUT2D eigenvalue weighted by molar-refractivity contribution is 5.75. The summed E-state index contributed by atoms with van der Waals surface area (Å²) in [6.45, 7) is 5.35. The third-order valence-corrected chi connectivity index (χ3v) is 13.1. The molecule has 2 heterocycles. The summed E-state index contributed by atoms with van der Waals surface area (Å²) < 4.78 is 38.7. The molecule has 4 aliphatic carbocycles. The summed E-state index contributed by atoms with van der Waals surface area (Å²) in [5.74, 6) is -9.83. The molecule has 1 saturated heterocycles. The first kappa shape index (κ1) is 38.6. The monoisotopic (exact) mass is 752 g/mol. The highest BCUT2D eigenvalue weighted by Gasteiger charge is 3.01. The number of esters is 6. The molecule has 14 atom stereocenters. The lowest BCUT2D eigenvalue weighted by Crippen LogP contribution is -2.98. The molecule has 18 heteroatoms.